The van der Waals surface area contributed by atoms with Gasteiger partial charge in [0, 0.05) is 26.5 Å². The fraction of sp³-hybridized carbons (Fsp3) is 0.394. The van der Waals surface area contributed by atoms with E-state index < -0.39 is 15.2 Å². The number of amides is 1. The topological polar surface area (TPSA) is 96.6 Å². The van der Waals surface area contributed by atoms with E-state index in [2.05, 4.69) is 80.3 Å². The van der Waals surface area contributed by atoms with Crippen LogP contribution in [0.1, 0.15) is 44.7 Å². The smallest absolute Gasteiger partial charge is 0.423 e. The maximum atomic E-state index is 12.2. The Balaban J connectivity index is 0.000000369. The van der Waals surface area contributed by atoms with E-state index in [1.807, 2.05) is 29.8 Å². The molecule has 0 aliphatic heterocycles. The highest BCUT2D eigenvalue weighted by molar-refractivity contribution is 6.76. The zero-order valence-electron chi connectivity index (χ0n) is 26.0. The van der Waals surface area contributed by atoms with Crippen molar-refractivity contribution in [2.75, 3.05) is 11.9 Å². The number of aryl methyl sites for hydroxylation is 2. The highest BCUT2D eigenvalue weighted by Gasteiger charge is 2.16. The number of carbonyl (C=O) groups is 1. The summed E-state index contributed by atoms with van der Waals surface area (Å²) >= 11 is 0. The molecule has 0 saturated heterocycles. The predicted molar refractivity (Wildman–Crippen MR) is 178 cm³/mol. The van der Waals surface area contributed by atoms with Gasteiger partial charge in [0.05, 0.1) is 5.52 Å². The summed E-state index contributed by atoms with van der Waals surface area (Å²) in [6.45, 7) is 14.4. The van der Waals surface area contributed by atoms with E-state index in [9.17, 15) is 4.79 Å². The molecule has 7 nitrogen and oxygen atoms in total. The molecule has 0 unspecified atom stereocenters. The van der Waals surface area contributed by atoms with Gasteiger partial charge >= 0.3 is 7.12 Å². The number of ether oxygens (including phenoxy) is 1. The first-order chi connectivity index (χ1) is 20.0. The second-order valence-corrected chi connectivity index (χ2v) is 17.4. The molecule has 42 heavy (non-hydrogen) atoms. The van der Waals surface area contributed by atoms with Crippen LogP contribution in [0.15, 0.2) is 66.7 Å². The number of hydrogen-bond donors (Lipinski definition) is 3. The Hall–Kier alpha value is -3.24. The minimum Gasteiger partial charge on any atom is -0.423 e. The highest BCUT2D eigenvalue weighted by atomic mass is 28.3. The summed E-state index contributed by atoms with van der Waals surface area (Å²) in [4.78, 5) is 12.2. The molecule has 4 aromatic rings. The molecular weight excluding hydrogens is 541 g/mol. The number of nitrogens with zero attached hydrogens (tertiary/aromatic N) is 2. The van der Waals surface area contributed by atoms with Crippen LogP contribution >= 0.6 is 0 Å². The van der Waals surface area contributed by atoms with E-state index in [1.165, 1.54) is 16.7 Å². The molecule has 3 N–H and O–H groups in total. The van der Waals surface area contributed by atoms with E-state index in [4.69, 9.17) is 14.8 Å². The maximum absolute atomic E-state index is 12.2. The van der Waals surface area contributed by atoms with Crippen LogP contribution < -0.4 is 10.8 Å². The summed E-state index contributed by atoms with van der Waals surface area (Å²) in [6, 6.07) is 23.3. The Kier molecular flexibility index (Phi) is 12.5. The molecule has 0 atom stereocenters. The molecule has 1 heterocycles. The maximum Gasteiger partial charge on any atom is 0.488 e. The molecule has 1 aromatic heterocycles. The number of nitrogens with one attached hydrogen (secondary N) is 1. The average molecular weight is 588 g/mol. The number of hydrogen-bond acceptors (Lipinski definition) is 5. The van der Waals surface area contributed by atoms with Crippen molar-refractivity contribution in [3.8, 4) is 11.1 Å². The van der Waals surface area contributed by atoms with Crippen molar-refractivity contribution in [2.24, 2.45) is 0 Å². The van der Waals surface area contributed by atoms with Crippen LogP contribution in [0, 0.1) is 0 Å². The Morgan fingerprint density at radius 3 is 2.05 bits per heavy atom. The van der Waals surface area contributed by atoms with Gasteiger partial charge in [-0.25, -0.2) is 4.68 Å². The van der Waals surface area contributed by atoms with E-state index in [1.54, 1.807) is 12.1 Å². The lowest BCUT2D eigenvalue weighted by Crippen LogP contribution is -2.29. The van der Waals surface area contributed by atoms with Gasteiger partial charge in [-0.2, -0.15) is 5.10 Å². The standard InChI is InChI=1S/C25H35N3O2Si.C8H11BO2/c1-6-8-24(29)26-25-22-14-13-21(20-11-9-19(7-2)10-12-20)17-23(22)28(27-25)18-30-15-16-31(3,4)5;1-2-7-3-5-8(6-4-7)9(10)11/h9-14,17H,6-8,15-16,18H2,1-5H3,(H,26,27,29);3-6,10-11H,2H2,1H3. The largest absolute Gasteiger partial charge is 0.488 e. The second kappa shape index (κ2) is 15.8. The Bertz CT molecular complexity index is 1410. The molecule has 1 amide bonds. The Labute approximate surface area is 252 Å². The third kappa shape index (κ3) is 9.94. The van der Waals surface area contributed by atoms with Gasteiger partial charge in [-0.1, -0.05) is 95.0 Å². The minimum absolute atomic E-state index is 0.00654. The van der Waals surface area contributed by atoms with Crippen molar-refractivity contribution in [1.29, 1.82) is 0 Å². The zero-order chi connectivity index (χ0) is 30.7. The molecule has 9 heteroatoms. The van der Waals surface area contributed by atoms with Gasteiger partial charge in [-0.15, -0.1) is 0 Å². The number of aromatic nitrogens is 2. The van der Waals surface area contributed by atoms with Gasteiger partial charge in [0.1, 0.15) is 6.73 Å². The second-order valence-electron chi connectivity index (χ2n) is 11.7. The fourth-order valence-electron chi connectivity index (χ4n) is 4.35. The molecular formula is C33H46BN3O4Si. The van der Waals surface area contributed by atoms with Gasteiger partial charge in [0.25, 0.3) is 0 Å². The van der Waals surface area contributed by atoms with Gasteiger partial charge in [0.2, 0.25) is 5.91 Å². The van der Waals surface area contributed by atoms with Gasteiger partial charge in [-0.05, 0) is 65.2 Å². The van der Waals surface area contributed by atoms with Crippen LogP contribution in [-0.4, -0.2) is 47.5 Å². The summed E-state index contributed by atoms with van der Waals surface area (Å²) in [5.74, 6) is 0.600. The van der Waals surface area contributed by atoms with E-state index in [0.717, 1.165) is 48.4 Å². The van der Waals surface area contributed by atoms with Crippen LogP contribution in [0.25, 0.3) is 22.0 Å². The zero-order valence-corrected chi connectivity index (χ0v) is 27.0. The van der Waals surface area contributed by atoms with Crippen molar-refractivity contribution in [2.45, 2.75) is 78.9 Å². The van der Waals surface area contributed by atoms with E-state index in [0.29, 0.717) is 24.4 Å². The summed E-state index contributed by atoms with van der Waals surface area (Å²) in [7, 11) is -2.49. The van der Waals surface area contributed by atoms with E-state index >= 15 is 0 Å². The third-order valence-electron chi connectivity index (χ3n) is 7.08. The van der Waals surface area contributed by atoms with Gasteiger partial charge < -0.3 is 20.1 Å². The lowest BCUT2D eigenvalue weighted by atomic mass is 9.80. The lowest BCUT2D eigenvalue weighted by Gasteiger charge is -2.15. The molecule has 4 rings (SSSR count). The molecule has 0 bridgehead atoms. The van der Waals surface area contributed by atoms with Crippen molar-refractivity contribution >= 4 is 43.3 Å². The van der Waals surface area contributed by atoms with Crippen LogP contribution in [0.2, 0.25) is 25.7 Å². The highest BCUT2D eigenvalue weighted by Crippen LogP contribution is 2.29. The number of anilines is 1. The Morgan fingerprint density at radius 2 is 1.50 bits per heavy atom. The monoisotopic (exact) mass is 587 g/mol. The van der Waals surface area contributed by atoms with Crippen LogP contribution in [0.5, 0.6) is 0 Å². The van der Waals surface area contributed by atoms with Crippen molar-refractivity contribution in [3.05, 3.63) is 77.9 Å². The first-order valence-electron chi connectivity index (χ1n) is 15.0. The molecule has 3 aromatic carbocycles. The Morgan fingerprint density at radius 1 is 0.905 bits per heavy atom. The van der Waals surface area contributed by atoms with Crippen molar-refractivity contribution in [1.82, 2.24) is 9.78 Å². The molecule has 0 aliphatic carbocycles. The lowest BCUT2D eigenvalue weighted by molar-refractivity contribution is -0.116. The number of rotatable bonds is 12. The SMILES string of the molecule is CCCC(=O)Nc1nn(COCC[Si](C)(C)C)c2cc(-c3ccc(CC)cc3)ccc12.CCc1ccc(B(O)O)cc1. The number of fused-ring (bicyclic) bond motifs is 1. The first kappa shape index (κ1) is 33.3. The van der Waals surface area contributed by atoms with Crippen LogP contribution in [-0.2, 0) is 29.1 Å². The van der Waals surface area contributed by atoms with Crippen LogP contribution in [0.3, 0.4) is 0 Å². The molecule has 0 spiro atoms. The molecule has 224 valence electrons. The minimum atomic E-state index is -1.35. The quantitative estimate of drug-likeness (QED) is 0.135. The summed E-state index contributed by atoms with van der Waals surface area (Å²) in [5.41, 5.74) is 6.34. The number of benzene rings is 3. The van der Waals surface area contributed by atoms with Crippen molar-refractivity contribution < 1.29 is 19.6 Å². The summed E-state index contributed by atoms with van der Waals surface area (Å²) in [5, 5.41) is 26.1. The fourth-order valence-corrected chi connectivity index (χ4v) is 5.11. The third-order valence-corrected chi connectivity index (χ3v) is 8.78. The number of carbonyl (C=O) groups excluding carboxylic acids is 1. The first-order valence-corrected chi connectivity index (χ1v) is 18.7. The summed E-state index contributed by atoms with van der Waals surface area (Å²) < 4.78 is 7.83. The van der Waals surface area contributed by atoms with Crippen LogP contribution in [0.4, 0.5) is 5.82 Å². The molecule has 0 aliphatic rings. The van der Waals surface area contributed by atoms with E-state index in [-0.39, 0.29) is 5.91 Å². The summed E-state index contributed by atoms with van der Waals surface area (Å²) in [6.07, 6.45) is 3.30. The normalized spacial score (nSPS) is 11.2. The molecule has 0 fully saturated rings. The average Bonchev–Trinajstić information content (AvgIpc) is 3.31. The van der Waals surface area contributed by atoms with Gasteiger partial charge in [0.15, 0.2) is 5.82 Å². The van der Waals surface area contributed by atoms with Gasteiger partial charge in [-0.3, -0.25) is 4.79 Å². The predicted octanol–water partition coefficient (Wildman–Crippen LogP) is 6.25. The molecule has 0 radical (unpaired) electrons. The van der Waals surface area contributed by atoms with Crippen molar-refractivity contribution in [3.63, 3.8) is 0 Å². The molecule has 0 saturated carbocycles.